The molecule has 1 heterocycles. The van der Waals surface area contributed by atoms with Crippen molar-refractivity contribution in [2.24, 2.45) is 0 Å². The summed E-state index contributed by atoms with van der Waals surface area (Å²) < 4.78 is 31.1. The van der Waals surface area contributed by atoms with Gasteiger partial charge in [-0.15, -0.1) is 0 Å². The molecule has 0 aliphatic carbocycles. The van der Waals surface area contributed by atoms with E-state index in [1.165, 1.54) is 12.1 Å². The molecule has 0 saturated heterocycles. The molecule has 0 radical (unpaired) electrons. The Hall–Kier alpha value is -1.34. The number of hydrogen-bond donors (Lipinski definition) is 1. The number of halogens is 2. The molecule has 2 aromatic rings. The predicted molar refractivity (Wildman–Crippen MR) is 79.5 cm³/mol. The van der Waals surface area contributed by atoms with Crippen LogP contribution in [0.3, 0.4) is 0 Å². The van der Waals surface area contributed by atoms with E-state index < -0.39 is 10.0 Å². The lowest BCUT2D eigenvalue weighted by Crippen LogP contribution is -2.25. The zero-order chi connectivity index (χ0) is 15.5. The molecule has 8 heteroatoms. The molecular weight excluding hydrogens is 337 g/mol. The Labute approximate surface area is 131 Å². The Morgan fingerprint density at radius 2 is 1.95 bits per heavy atom. The van der Waals surface area contributed by atoms with Gasteiger partial charge >= 0.3 is 0 Å². The minimum Gasteiger partial charge on any atom is -0.440 e. The van der Waals surface area contributed by atoms with E-state index in [-0.39, 0.29) is 17.4 Å². The lowest BCUT2D eigenvalue weighted by Gasteiger charge is -2.06. The van der Waals surface area contributed by atoms with Crippen molar-refractivity contribution in [1.82, 2.24) is 4.72 Å². The van der Waals surface area contributed by atoms with Gasteiger partial charge in [0.2, 0.25) is 5.09 Å². The topological polar surface area (TPSA) is 76.4 Å². The van der Waals surface area contributed by atoms with E-state index in [9.17, 15) is 13.2 Å². The Bertz CT molecular complexity index is 755. The van der Waals surface area contributed by atoms with E-state index in [4.69, 9.17) is 27.6 Å². The fourth-order valence-electron chi connectivity index (χ4n) is 1.66. The van der Waals surface area contributed by atoms with Crippen molar-refractivity contribution >= 4 is 39.5 Å². The number of aldehydes is 1. The first-order chi connectivity index (χ1) is 9.92. The maximum atomic E-state index is 11.9. The molecule has 1 N–H and O–H groups in total. The lowest BCUT2D eigenvalue weighted by molar-refractivity contribution is 0.109. The average Bonchev–Trinajstić information content (AvgIpc) is 2.91. The third kappa shape index (κ3) is 4.07. The Balaban J connectivity index is 2.00. The van der Waals surface area contributed by atoms with E-state index in [0.29, 0.717) is 22.8 Å². The molecule has 0 aliphatic rings. The van der Waals surface area contributed by atoms with Gasteiger partial charge in [-0.05, 0) is 36.2 Å². The summed E-state index contributed by atoms with van der Waals surface area (Å²) in [6.45, 7) is 0.140. The summed E-state index contributed by atoms with van der Waals surface area (Å²) in [4.78, 5) is 10.5. The monoisotopic (exact) mass is 347 g/mol. The largest absolute Gasteiger partial charge is 0.440 e. The summed E-state index contributed by atoms with van der Waals surface area (Å²) >= 11 is 11.8. The van der Waals surface area contributed by atoms with Crippen LogP contribution in [0.25, 0.3) is 0 Å². The summed E-state index contributed by atoms with van der Waals surface area (Å²) in [5.41, 5.74) is 0.775. The quantitative estimate of drug-likeness (QED) is 0.815. The molecule has 0 bridgehead atoms. The maximum absolute atomic E-state index is 11.9. The van der Waals surface area contributed by atoms with Gasteiger partial charge in [0.1, 0.15) is 0 Å². The molecule has 0 spiro atoms. The number of rotatable bonds is 6. The van der Waals surface area contributed by atoms with Crippen molar-refractivity contribution in [3.05, 3.63) is 51.7 Å². The SMILES string of the molecule is O=Cc1ccc(S(=O)(=O)NCCc2ccc(Cl)cc2Cl)o1. The van der Waals surface area contributed by atoms with Crippen LogP contribution < -0.4 is 4.72 Å². The van der Waals surface area contributed by atoms with Gasteiger partial charge in [0.05, 0.1) is 0 Å². The summed E-state index contributed by atoms with van der Waals surface area (Å²) in [6.07, 6.45) is 0.836. The van der Waals surface area contributed by atoms with Crippen molar-refractivity contribution in [2.75, 3.05) is 6.54 Å². The average molecular weight is 348 g/mol. The van der Waals surface area contributed by atoms with E-state index in [1.54, 1.807) is 18.2 Å². The molecule has 1 aromatic carbocycles. The Morgan fingerprint density at radius 1 is 1.19 bits per heavy atom. The van der Waals surface area contributed by atoms with Crippen molar-refractivity contribution in [3.63, 3.8) is 0 Å². The highest BCUT2D eigenvalue weighted by Crippen LogP contribution is 2.21. The van der Waals surface area contributed by atoms with Gasteiger partial charge in [-0.1, -0.05) is 29.3 Å². The molecule has 1 aromatic heterocycles. The van der Waals surface area contributed by atoms with Crippen LogP contribution in [0.4, 0.5) is 0 Å². The van der Waals surface area contributed by atoms with Crippen LogP contribution in [0.2, 0.25) is 10.0 Å². The number of sulfonamides is 1. The number of benzene rings is 1. The highest BCUT2D eigenvalue weighted by atomic mass is 35.5. The molecule has 0 aliphatic heterocycles. The maximum Gasteiger partial charge on any atom is 0.273 e. The molecule has 21 heavy (non-hydrogen) atoms. The molecular formula is C13H11Cl2NO4S. The van der Waals surface area contributed by atoms with Gasteiger partial charge in [0.25, 0.3) is 10.0 Å². The molecule has 0 unspecified atom stereocenters. The van der Waals surface area contributed by atoms with Crippen LogP contribution in [0, 0.1) is 0 Å². The fraction of sp³-hybridized carbons (Fsp3) is 0.154. The molecule has 5 nitrogen and oxygen atoms in total. The molecule has 0 saturated carbocycles. The van der Waals surface area contributed by atoms with E-state index in [0.717, 1.165) is 5.56 Å². The molecule has 0 atom stereocenters. The second-order valence-electron chi connectivity index (χ2n) is 4.16. The molecule has 2 rings (SSSR count). The van der Waals surface area contributed by atoms with Crippen molar-refractivity contribution < 1.29 is 17.6 Å². The van der Waals surface area contributed by atoms with Crippen LogP contribution in [-0.2, 0) is 16.4 Å². The number of hydrogen-bond acceptors (Lipinski definition) is 4. The first kappa shape index (κ1) is 16.0. The zero-order valence-electron chi connectivity index (χ0n) is 10.7. The minimum absolute atomic E-state index is 0.0453. The smallest absolute Gasteiger partial charge is 0.273 e. The number of nitrogens with one attached hydrogen (secondary N) is 1. The van der Waals surface area contributed by atoms with E-state index >= 15 is 0 Å². The van der Waals surface area contributed by atoms with Crippen LogP contribution in [0.15, 0.2) is 39.8 Å². The van der Waals surface area contributed by atoms with Crippen LogP contribution in [-0.4, -0.2) is 21.2 Å². The van der Waals surface area contributed by atoms with Gasteiger partial charge < -0.3 is 4.42 Å². The third-order valence-electron chi connectivity index (χ3n) is 2.68. The van der Waals surface area contributed by atoms with Crippen LogP contribution >= 0.6 is 23.2 Å². The normalized spacial score (nSPS) is 11.5. The zero-order valence-corrected chi connectivity index (χ0v) is 13.0. The summed E-state index contributed by atoms with van der Waals surface area (Å²) in [5.74, 6) is -0.0453. The first-order valence-corrected chi connectivity index (χ1v) is 8.15. The third-order valence-corrected chi connectivity index (χ3v) is 4.60. The molecule has 0 fully saturated rings. The Kier molecular flexibility index (Phi) is 5.05. The summed E-state index contributed by atoms with van der Waals surface area (Å²) in [5, 5.41) is 0.691. The van der Waals surface area contributed by atoms with Crippen molar-refractivity contribution in [3.8, 4) is 0 Å². The first-order valence-electron chi connectivity index (χ1n) is 5.91. The van der Waals surface area contributed by atoms with Gasteiger partial charge in [0, 0.05) is 16.6 Å². The fourth-order valence-corrected chi connectivity index (χ4v) is 3.13. The number of furan rings is 1. The van der Waals surface area contributed by atoms with Gasteiger partial charge in [-0.25, -0.2) is 13.1 Å². The van der Waals surface area contributed by atoms with Crippen LogP contribution in [0.5, 0.6) is 0 Å². The van der Waals surface area contributed by atoms with Gasteiger partial charge in [-0.2, -0.15) is 0 Å². The summed E-state index contributed by atoms with van der Waals surface area (Å²) in [6, 6.07) is 7.52. The van der Waals surface area contributed by atoms with Gasteiger partial charge in [-0.3, -0.25) is 4.79 Å². The van der Waals surface area contributed by atoms with E-state index in [1.807, 2.05) is 0 Å². The lowest BCUT2D eigenvalue weighted by atomic mass is 10.1. The Morgan fingerprint density at radius 3 is 2.57 bits per heavy atom. The van der Waals surface area contributed by atoms with Crippen molar-refractivity contribution in [1.29, 1.82) is 0 Å². The second-order valence-corrected chi connectivity index (χ2v) is 6.70. The van der Waals surface area contributed by atoms with Gasteiger partial charge in [0.15, 0.2) is 12.0 Å². The molecule has 112 valence electrons. The standard InChI is InChI=1S/C13H11Cl2NO4S/c14-10-2-1-9(12(15)7-10)5-6-16-21(18,19)13-4-3-11(8-17)20-13/h1-4,7-8,16H,5-6H2. The van der Waals surface area contributed by atoms with Crippen LogP contribution in [0.1, 0.15) is 16.1 Å². The summed E-state index contributed by atoms with van der Waals surface area (Å²) in [7, 11) is -3.79. The minimum atomic E-state index is -3.79. The number of carbonyl (C=O) groups excluding carboxylic acids is 1. The molecule has 0 amide bonds. The number of carbonyl (C=O) groups is 1. The highest BCUT2D eigenvalue weighted by molar-refractivity contribution is 7.89. The van der Waals surface area contributed by atoms with E-state index in [2.05, 4.69) is 4.72 Å². The highest BCUT2D eigenvalue weighted by Gasteiger charge is 2.18. The second kappa shape index (κ2) is 6.62. The predicted octanol–water partition coefficient (Wildman–Crippen LogP) is 2.92. The van der Waals surface area contributed by atoms with Crippen molar-refractivity contribution in [2.45, 2.75) is 11.5 Å².